The highest BCUT2D eigenvalue weighted by Gasteiger charge is 2.22. The Kier molecular flexibility index (Phi) is 10.9. The molecule has 5 nitrogen and oxygen atoms in total. The van der Waals surface area contributed by atoms with Gasteiger partial charge < -0.3 is 4.90 Å². The first-order valence-corrected chi connectivity index (χ1v) is 11.1. The summed E-state index contributed by atoms with van der Waals surface area (Å²) in [5, 5.41) is 2.21. The molecule has 31 heavy (non-hydrogen) atoms. The maximum Gasteiger partial charge on any atom is 0.243 e. The van der Waals surface area contributed by atoms with Crippen LogP contribution in [0, 0.1) is 0 Å². The van der Waals surface area contributed by atoms with Gasteiger partial charge in [0, 0.05) is 54.9 Å². The average Bonchev–Trinajstić information content (AvgIpc) is 2.73. The number of likely N-dealkylation sites (N-methyl/N-ethyl adjacent to an activating group) is 2. The monoisotopic (exact) mass is 501 g/mol. The van der Waals surface area contributed by atoms with Crippen molar-refractivity contribution in [1.82, 2.24) is 14.2 Å². The Morgan fingerprint density at radius 2 is 1.71 bits per heavy atom. The fourth-order valence-corrected chi connectivity index (χ4v) is 4.45. The Morgan fingerprint density at radius 3 is 2.42 bits per heavy atom. The van der Waals surface area contributed by atoms with Crippen LogP contribution in [-0.2, 0) is 10.0 Å². The van der Waals surface area contributed by atoms with Crippen molar-refractivity contribution >= 4 is 63.3 Å². The van der Waals surface area contributed by atoms with E-state index in [-0.39, 0.29) is 24.8 Å². The van der Waals surface area contributed by atoms with E-state index in [0.29, 0.717) is 28.4 Å². The molecule has 0 aliphatic rings. The van der Waals surface area contributed by atoms with E-state index in [1.54, 1.807) is 37.6 Å². The highest BCUT2D eigenvalue weighted by atomic mass is 35.5. The molecule has 0 aliphatic heterocycles. The van der Waals surface area contributed by atoms with Crippen molar-refractivity contribution in [3.8, 4) is 0 Å². The van der Waals surface area contributed by atoms with Gasteiger partial charge in [-0.1, -0.05) is 48.0 Å². The quantitative estimate of drug-likeness (QED) is 0.435. The Balaban J connectivity index is 0.00000240. The van der Waals surface area contributed by atoms with Gasteiger partial charge in [0.2, 0.25) is 10.0 Å². The Hall–Kier alpha value is -1.67. The van der Waals surface area contributed by atoms with E-state index in [1.807, 2.05) is 43.5 Å². The first-order valence-electron chi connectivity index (χ1n) is 9.27. The minimum atomic E-state index is -3.58. The molecule has 1 heterocycles. The van der Waals surface area contributed by atoms with Crippen LogP contribution in [0.1, 0.15) is 5.56 Å². The average molecular weight is 503 g/mol. The number of benzene rings is 2. The maximum absolute atomic E-state index is 13.0. The van der Waals surface area contributed by atoms with Gasteiger partial charge in [0.15, 0.2) is 0 Å². The maximum atomic E-state index is 13.0. The second kappa shape index (κ2) is 12.4. The number of hydrogen-bond donors (Lipinski definition) is 0. The van der Waals surface area contributed by atoms with Gasteiger partial charge in [-0.05, 0) is 36.9 Å². The van der Waals surface area contributed by atoms with Crippen molar-refractivity contribution in [3.05, 3.63) is 77.6 Å². The van der Waals surface area contributed by atoms with Crippen LogP contribution in [0.3, 0.4) is 0 Å². The van der Waals surface area contributed by atoms with Crippen molar-refractivity contribution in [2.75, 3.05) is 33.7 Å². The third-order valence-electron chi connectivity index (χ3n) is 4.72. The summed E-state index contributed by atoms with van der Waals surface area (Å²) in [5.74, 6) is 0. The van der Waals surface area contributed by atoms with E-state index in [9.17, 15) is 8.42 Å². The minimum Gasteiger partial charge on any atom is -0.301 e. The van der Waals surface area contributed by atoms with Gasteiger partial charge in [-0.2, -0.15) is 4.31 Å². The van der Waals surface area contributed by atoms with Crippen LogP contribution in [0.4, 0.5) is 0 Å². The number of fused-ring (bicyclic) bond motifs is 1. The van der Waals surface area contributed by atoms with Crippen molar-refractivity contribution in [1.29, 1.82) is 0 Å². The van der Waals surface area contributed by atoms with Crippen molar-refractivity contribution in [3.63, 3.8) is 0 Å². The molecule has 9 heteroatoms. The van der Waals surface area contributed by atoms with Crippen LogP contribution in [-0.4, -0.2) is 56.3 Å². The van der Waals surface area contributed by atoms with Crippen LogP contribution in [0.5, 0.6) is 0 Å². The number of rotatable bonds is 8. The van der Waals surface area contributed by atoms with Gasteiger partial charge in [0.1, 0.15) is 0 Å². The standard InChI is InChI=1S/C22H24ClN3O2S.2ClH/c1-25(14-4-5-18-8-10-20(23)11-9-18)15-16-26(2)29(27,28)22-7-3-6-19-17-24-13-12-21(19)22;;/h3-13,17H,14-16H2,1-2H3;2*1H. The second-order valence-electron chi connectivity index (χ2n) is 6.90. The largest absolute Gasteiger partial charge is 0.301 e. The molecule has 0 atom stereocenters. The highest BCUT2D eigenvalue weighted by molar-refractivity contribution is 7.89. The fraction of sp³-hybridized carbons (Fsp3) is 0.227. The number of aromatic nitrogens is 1. The first-order chi connectivity index (χ1) is 13.9. The summed E-state index contributed by atoms with van der Waals surface area (Å²) in [6.07, 6.45) is 7.37. The van der Waals surface area contributed by atoms with Crippen LogP contribution < -0.4 is 0 Å². The molecule has 168 valence electrons. The number of sulfonamides is 1. The lowest BCUT2D eigenvalue weighted by molar-refractivity contribution is 0.333. The van der Waals surface area contributed by atoms with E-state index >= 15 is 0 Å². The second-order valence-corrected chi connectivity index (χ2v) is 9.35. The number of hydrogen-bond acceptors (Lipinski definition) is 4. The molecule has 0 unspecified atom stereocenters. The Morgan fingerprint density at radius 1 is 1.00 bits per heavy atom. The molecule has 0 saturated carbocycles. The van der Waals surface area contributed by atoms with Gasteiger partial charge in [-0.15, -0.1) is 24.8 Å². The molecule has 1 aromatic heterocycles. The van der Waals surface area contributed by atoms with E-state index in [0.717, 1.165) is 17.5 Å². The Bertz CT molecular complexity index is 1100. The number of nitrogens with zero attached hydrogens (tertiary/aromatic N) is 3. The SMILES string of the molecule is CN(CC=Cc1ccc(Cl)cc1)CCN(C)S(=O)(=O)c1cccc2cnccc12.Cl.Cl. The summed E-state index contributed by atoms with van der Waals surface area (Å²) in [6, 6.07) is 14.6. The molecule has 0 radical (unpaired) electrons. The molecule has 3 aromatic rings. The predicted octanol–water partition coefficient (Wildman–Crippen LogP) is 5.00. The van der Waals surface area contributed by atoms with Gasteiger partial charge >= 0.3 is 0 Å². The highest BCUT2D eigenvalue weighted by Crippen LogP contribution is 2.24. The summed E-state index contributed by atoms with van der Waals surface area (Å²) in [5.41, 5.74) is 1.08. The van der Waals surface area contributed by atoms with Crippen LogP contribution >= 0.6 is 36.4 Å². The van der Waals surface area contributed by atoms with Gasteiger partial charge in [0.05, 0.1) is 4.90 Å². The van der Waals surface area contributed by atoms with Crippen molar-refractivity contribution < 1.29 is 8.42 Å². The van der Waals surface area contributed by atoms with Gasteiger partial charge in [-0.25, -0.2) is 8.42 Å². The van der Waals surface area contributed by atoms with Crippen LogP contribution in [0.2, 0.25) is 5.02 Å². The molecule has 3 rings (SSSR count). The lowest BCUT2D eigenvalue weighted by atomic mass is 10.2. The van der Waals surface area contributed by atoms with Gasteiger partial charge in [0.25, 0.3) is 0 Å². The third-order valence-corrected chi connectivity index (χ3v) is 6.89. The molecule has 0 aliphatic carbocycles. The smallest absolute Gasteiger partial charge is 0.243 e. The summed E-state index contributed by atoms with van der Waals surface area (Å²) >= 11 is 5.89. The normalized spacial score (nSPS) is 11.6. The first kappa shape index (κ1) is 27.4. The van der Waals surface area contributed by atoms with Crippen LogP contribution in [0.15, 0.2) is 71.9 Å². The zero-order valence-corrected chi connectivity index (χ0v) is 20.5. The molecule has 0 saturated heterocycles. The fourth-order valence-electron chi connectivity index (χ4n) is 2.95. The molecule has 0 amide bonds. The molecule has 0 bridgehead atoms. The van der Waals surface area contributed by atoms with E-state index < -0.39 is 10.0 Å². The predicted molar refractivity (Wildman–Crippen MR) is 134 cm³/mol. The molecular weight excluding hydrogens is 477 g/mol. The molecule has 0 spiro atoms. The zero-order valence-electron chi connectivity index (χ0n) is 17.3. The lowest BCUT2D eigenvalue weighted by Gasteiger charge is -2.21. The Labute approximate surface area is 201 Å². The van der Waals surface area contributed by atoms with E-state index in [1.165, 1.54) is 4.31 Å². The third kappa shape index (κ3) is 7.17. The van der Waals surface area contributed by atoms with Crippen LogP contribution in [0.25, 0.3) is 16.8 Å². The minimum absolute atomic E-state index is 0. The van der Waals surface area contributed by atoms with Gasteiger partial charge in [-0.3, -0.25) is 4.98 Å². The zero-order chi connectivity index (χ0) is 20.9. The number of halogens is 3. The lowest BCUT2D eigenvalue weighted by Crippen LogP contribution is -2.35. The van der Waals surface area contributed by atoms with E-state index in [4.69, 9.17) is 11.6 Å². The van der Waals surface area contributed by atoms with E-state index in [2.05, 4.69) is 16.0 Å². The topological polar surface area (TPSA) is 53.5 Å². The van der Waals surface area contributed by atoms with Crippen molar-refractivity contribution in [2.45, 2.75) is 4.90 Å². The molecular formula is C22H26Cl3N3O2S. The molecule has 0 fully saturated rings. The summed E-state index contributed by atoms with van der Waals surface area (Å²) < 4.78 is 27.5. The molecule has 0 N–H and O–H groups in total. The van der Waals surface area contributed by atoms with Crippen molar-refractivity contribution in [2.24, 2.45) is 0 Å². The summed E-state index contributed by atoms with van der Waals surface area (Å²) in [6.45, 7) is 1.73. The molecule has 2 aromatic carbocycles. The summed E-state index contributed by atoms with van der Waals surface area (Å²) in [7, 11) is 0.00585. The summed E-state index contributed by atoms with van der Waals surface area (Å²) in [4.78, 5) is 6.45. The number of pyridine rings is 1.